The summed E-state index contributed by atoms with van der Waals surface area (Å²) in [5, 5.41) is 19.1. The maximum Gasteiger partial charge on any atom is 4.00 e. The molecule has 9 heavy (non-hydrogen) atoms. The van der Waals surface area contributed by atoms with E-state index in [0.717, 1.165) is 0 Å². The van der Waals surface area contributed by atoms with Gasteiger partial charge in [0.15, 0.2) is 0 Å². The van der Waals surface area contributed by atoms with Gasteiger partial charge in [-0.15, -0.1) is 12.2 Å². The minimum Gasteiger partial charge on any atom is -0.852 e. The van der Waals surface area contributed by atoms with Gasteiger partial charge in [-0.1, -0.05) is 27.7 Å². The molecule has 0 radical (unpaired) electrons. The molecule has 3 heteroatoms. The summed E-state index contributed by atoms with van der Waals surface area (Å²) in [7, 11) is 0. The van der Waals surface area contributed by atoms with E-state index in [2.05, 4.69) is 0 Å². The number of hydrogen-bond donors (Lipinski definition) is 0. The van der Waals surface area contributed by atoms with Gasteiger partial charge >= 0.3 is 26.2 Å². The van der Waals surface area contributed by atoms with E-state index in [1.165, 1.54) is 0 Å². The zero-order valence-corrected chi connectivity index (χ0v) is 8.93. The summed E-state index contributed by atoms with van der Waals surface area (Å²) in [5.74, 6) is 0. The smallest absolute Gasteiger partial charge is 0.852 e. The Hall–Kier alpha value is 0.803. The van der Waals surface area contributed by atoms with Gasteiger partial charge in [-0.05, 0) is 0 Å². The largest absolute Gasteiger partial charge is 4.00 e. The molecule has 0 unspecified atom stereocenters. The van der Waals surface area contributed by atoms with Crippen LogP contribution in [0.15, 0.2) is 0 Å². The number of hydrogen-bond acceptors (Lipinski definition) is 2. The second kappa shape index (κ2) is 11.6. The third-order valence-corrected chi connectivity index (χ3v) is 0. The van der Waals surface area contributed by atoms with E-state index in [0.29, 0.717) is 0 Å². The fraction of sp³-hybridized carbons (Fsp3) is 1.00. The molecule has 0 atom stereocenters. The van der Waals surface area contributed by atoms with Crippen molar-refractivity contribution in [2.45, 2.75) is 39.9 Å². The van der Waals surface area contributed by atoms with Crippen LogP contribution in [0.2, 0.25) is 0 Å². The van der Waals surface area contributed by atoms with Crippen LogP contribution in [-0.4, -0.2) is 12.2 Å². The third kappa shape index (κ3) is 632. The summed E-state index contributed by atoms with van der Waals surface area (Å²) in [6.07, 6.45) is -0.833. The molecule has 0 aromatic heterocycles. The van der Waals surface area contributed by atoms with Crippen LogP contribution >= 0.6 is 0 Å². The van der Waals surface area contributed by atoms with Gasteiger partial charge in [0, 0.05) is 0 Å². The van der Waals surface area contributed by atoms with Crippen LogP contribution in [0.4, 0.5) is 0 Å². The molecular formula is C6H14O2Zr+2. The summed E-state index contributed by atoms with van der Waals surface area (Å²) in [4.78, 5) is 0. The average molecular weight is 209 g/mol. The zero-order valence-electron chi connectivity index (χ0n) is 6.47. The van der Waals surface area contributed by atoms with Crippen molar-refractivity contribution < 1.29 is 36.4 Å². The Labute approximate surface area is 76.4 Å². The minimum absolute atomic E-state index is 0. The molecule has 0 aliphatic rings. The molecule has 0 amide bonds. The van der Waals surface area contributed by atoms with Gasteiger partial charge in [-0.3, -0.25) is 0 Å². The predicted molar refractivity (Wildman–Crippen MR) is 30.3 cm³/mol. The molecule has 0 aromatic rings. The van der Waals surface area contributed by atoms with Gasteiger partial charge in [0.05, 0.1) is 0 Å². The van der Waals surface area contributed by atoms with E-state index in [1.54, 1.807) is 27.7 Å². The summed E-state index contributed by atoms with van der Waals surface area (Å²) in [5.41, 5.74) is 0. The summed E-state index contributed by atoms with van der Waals surface area (Å²) < 4.78 is 0. The second-order valence-electron chi connectivity index (χ2n) is 2.10. The van der Waals surface area contributed by atoms with Crippen molar-refractivity contribution >= 4 is 0 Å². The zero-order chi connectivity index (χ0) is 7.15. The Bertz CT molecular complexity index is 26.5. The average Bonchev–Trinajstić information content (AvgIpc) is 1.25. The Morgan fingerprint density at radius 1 is 0.778 bits per heavy atom. The molecule has 0 saturated heterocycles. The molecule has 2 nitrogen and oxygen atoms in total. The Morgan fingerprint density at radius 2 is 0.778 bits per heavy atom. The maximum absolute atomic E-state index is 9.53. The van der Waals surface area contributed by atoms with Gasteiger partial charge in [0.1, 0.15) is 0 Å². The van der Waals surface area contributed by atoms with Crippen LogP contribution in [0, 0.1) is 0 Å². The van der Waals surface area contributed by atoms with Crippen LogP contribution in [0.25, 0.3) is 0 Å². The van der Waals surface area contributed by atoms with E-state index < -0.39 is 12.2 Å². The van der Waals surface area contributed by atoms with Crippen molar-refractivity contribution in [1.29, 1.82) is 0 Å². The van der Waals surface area contributed by atoms with Crippen LogP contribution in [0.3, 0.4) is 0 Å². The fourth-order valence-corrected chi connectivity index (χ4v) is 0. The predicted octanol–water partition coefficient (Wildman–Crippen LogP) is -0.492. The van der Waals surface area contributed by atoms with Crippen LogP contribution < -0.4 is 10.2 Å². The van der Waals surface area contributed by atoms with Gasteiger partial charge in [-0.2, -0.15) is 0 Å². The van der Waals surface area contributed by atoms with Crippen molar-refractivity contribution in [3.05, 3.63) is 0 Å². The topological polar surface area (TPSA) is 46.1 Å². The molecule has 0 aromatic carbocycles. The summed E-state index contributed by atoms with van der Waals surface area (Å²) in [6, 6.07) is 0. The first-order valence-electron chi connectivity index (χ1n) is 2.78. The third-order valence-electron chi connectivity index (χ3n) is 0. The Morgan fingerprint density at radius 3 is 0.778 bits per heavy atom. The summed E-state index contributed by atoms with van der Waals surface area (Å²) in [6.45, 7) is 6.44. The maximum atomic E-state index is 9.53. The Balaban J connectivity index is -0.0000000720. The Kier molecular flexibility index (Phi) is 21.1. The van der Waals surface area contributed by atoms with E-state index in [-0.39, 0.29) is 26.2 Å². The SMILES string of the molecule is CC(C)[O-].CC(C)[O-].[Zr+4]. The molecule has 0 aliphatic heterocycles. The fourth-order valence-electron chi connectivity index (χ4n) is 0. The van der Waals surface area contributed by atoms with E-state index in [9.17, 15) is 10.2 Å². The van der Waals surface area contributed by atoms with E-state index in [1.807, 2.05) is 0 Å². The molecule has 0 saturated carbocycles. The van der Waals surface area contributed by atoms with Gasteiger partial charge in [0.2, 0.25) is 0 Å². The van der Waals surface area contributed by atoms with Crippen molar-refractivity contribution in [2.24, 2.45) is 0 Å². The van der Waals surface area contributed by atoms with Crippen LogP contribution in [-0.2, 0) is 26.2 Å². The monoisotopic (exact) mass is 208 g/mol. The normalized spacial score (nSPS) is 8.00. The van der Waals surface area contributed by atoms with Crippen LogP contribution in [0.5, 0.6) is 0 Å². The first kappa shape index (κ1) is 16.4. The summed E-state index contributed by atoms with van der Waals surface area (Å²) >= 11 is 0. The van der Waals surface area contributed by atoms with Crippen LogP contribution in [0.1, 0.15) is 27.7 Å². The van der Waals surface area contributed by atoms with Gasteiger partial charge in [0.25, 0.3) is 0 Å². The first-order chi connectivity index (χ1) is 3.46. The molecule has 0 aliphatic carbocycles. The molecule has 0 heterocycles. The van der Waals surface area contributed by atoms with Crippen molar-refractivity contribution in [2.75, 3.05) is 0 Å². The van der Waals surface area contributed by atoms with Crippen molar-refractivity contribution in [1.82, 2.24) is 0 Å². The molecule has 0 spiro atoms. The van der Waals surface area contributed by atoms with Gasteiger partial charge < -0.3 is 10.2 Å². The molecule has 52 valence electrons. The molecule has 0 rings (SSSR count). The minimum atomic E-state index is -0.417. The first-order valence-corrected chi connectivity index (χ1v) is 2.78. The van der Waals surface area contributed by atoms with Crippen molar-refractivity contribution in [3.8, 4) is 0 Å². The standard InChI is InChI=1S/2C3H7O.Zr/c2*1-3(2)4;/h2*3H,1-2H3;/q2*-1;+4. The molecule has 0 fully saturated rings. The van der Waals surface area contributed by atoms with E-state index >= 15 is 0 Å². The molecule has 0 N–H and O–H groups in total. The van der Waals surface area contributed by atoms with Crippen molar-refractivity contribution in [3.63, 3.8) is 0 Å². The molecular weight excluding hydrogens is 195 g/mol. The quantitative estimate of drug-likeness (QED) is 0.540. The molecule has 0 bridgehead atoms. The van der Waals surface area contributed by atoms with E-state index in [4.69, 9.17) is 0 Å². The second-order valence-corrected chi connectivity index (χ2v) is 2.10. The number of rotatable bonds is 0. The van der Waals surface area contributed by atoms with Gasteiger partial charge in [-0.25, -0.2) is 0 Å².